The van der Waals surface area contributed by atoms with Gasteiger partial charge in [-0.25, -0.2) is 4.99 Å². The Balaban J connectivity index is 2.00. The van der Waals surface area contributed by atoms with Crippen molar-refractivity contribution in [3.05, 3.63) is 0 Å². The number of hydrogen-bond acceptors (Lipinski definition) is 2. The predicted molar refractivity (Wildman–Crippen MR) is 60.5 cm³/mol. The van der Waals surface area contributed by atoms with E-state index in [-0.39, 0.29) is 5.54 Å². The first-order chi connectivity index (χ1) is 6.63. The topological polar surface area (TPSA) is 12.4 Å². The van der Waals surface area contributed by atoms with E-state index in [4.69, 9.17) is 12.2 Å². The maximum absolute atomic E-state index is 4.81. The summed E-state index contributed by atoms with van der Waals surface area (Å²) in [4.78, 5) is 4.53. The maximum atomic E-state index is 4.81. The van der Waals surface area contributed by atoms with E-state index in [9.17, 15) is 0 Å². The average Bonchev–Trinajstić information content (AvgIpc) is 1.97. The summed E-state index contributed by atoms with van der Waals surface area (Å²) in [7, 11) is 0. The second-order valence-corrected chi connectivity index (χ2v) is 6.38. The summed E-state index contributed by atoms with van der Waals surface area (Å²) in [6, 6.07) is 0. The highest BCUT2D eigenvalue weighted by atomic mass is 32.1. The molecule has 14 heavy (non-hydrogen) atoms. The molecule has 0 aromatic heterocycles. The van der Waals surface area contributed by atoms with Gasteiger partial charge in [-0.1, -0.05) is 6.92 Å². The van der Waals surface area contributed by atoms with Crippen LogP contribution in [0.25, 0.3) is 0 Å². The molecule has 1 nitrogen and oxygen atoms in total. The SMILES string of the molecule is CC12C[C@@H]3C[C@@H](C1)CC(N=C=S)(C3)C2. The highest BCUT2D eigenvalue weighted by Gasteiger charge is 2.55. The van der Waals surface area contributed by atoms with Gasteiger partial charge in [0.25, 0.3) is 0 Å². The minimum atomic E-state index is 0.223. The van der Waals surface area contributed by atoms with Crippen LogP contribution in [-0.4, -0.2) is 10.7 Å². The van der Waals surface area contributed by atoms with Crippen LogP contribution in [0.5, 0.6) is 0 Å². The lowest BCUT2D eigenvalue weighted by atomic mass is 9.47. The first-order valence-corrected chi connectivity index (χ1v) is 6.13. The summed E-state index contributed by atoms with van der Waals surface area (Å²) in [5, 5.41) is 2.65. The van der Waals surface area contributed by atoms with Gasteiger partial charge in [0.2, 0.25) is 0 Å². The first kappa shape index (κ1) is 9.06. The third-order valence-electron chi connectivity index (χ3n) is 4.61. The number of rotatable bonds is 1. The van der Waals surface area contributed by atoms with Crippen LogP contribution in [-0.2, 0) is 0 Å². The Morgan fingerprint density at radius 3 is 2.36 bits per heavy atom. The van der Waals surface area contributed by atoms with Crippen molar-refractivity contribution in [3.8, 4) is 0 Å². The van der Waals surface area contributed by atoms with Crippen LogP contribution in [0, 0.1) is 17.3 Å². The van der Waals surface area contributed by atoms with Crippen LogP contribution in [0.4, 0.5) is 0 Å². The van der Waals surface area contributed by atoms with Gasteiger partial charge in [0, 0.05) is 0 Å². The lowest BCUT2D eigenvalue weighted by molar-refractivity contribution is -0.0549. The minimum absolute atomic E-state index is 0.223. The Bertz CT molecular complexity index is 302. The van der Waals surface area contributed by atoms with Gasteiger partial charge in [0.1, 0.15) is 0 Å². The molecule has 2 heteroatoms. The Hall–Kier alpha value is -0.200. The van der Waals surface area contributed by atoms with E-state index in [1.54, 1.807) is 0 Å². The molecule has 0 heterocycles. The molecule has 4 rings (SSSR count). The van der Waals surface area contributed by atoms with Crippen molar-refractivity contribution in [2.24, 2.45) is 22.2 Å². The van der Waals surface area contributed by atoms with Crippen LogP contribution in [0.3, 0.4) is 0 Å². The van der Waals surface area contributed by atoms with Crippen molar-refractivity contribution in [3.63, 3.8) is 0 Å². The molecule has 0 spiro atoms. The minimum Gasteiger partial charge on any atom is -0.226 e. The molecule has 0 amide bonds. The predicted octanol–water partition coefficient (Wildman–Crippen LogP) is 3.45. The second kappa shape index (κ2) is 2.68. The molecular weight excluding hydrogens is 190 g/mol. The summed E-state index contributed by atoms with van der Waals surface area (Å²) in [6.45, 7) is 2.46. The molecule has 0 unspecified atom stereocenters. The van der Waals surface area contributed by atoms with Crippen molar-refractivity contribution in [2.45, 2.75) is 51.0 Å². The van der Waals surface area contributed by atoms with Crippen LogP contribution in [0.15, 0.2) is 4.99 Å². The molecule has 2 atom stereocenters. The fourth-order valence-corrected chi connectivity index (χ4v) is 5.09. The summed E-state index contributed by atoms with van der Waals surface area (Å²) in [5.41, 5.74) is 0.806. The Labute approximate surface area is 91.0 Å². The van der Waals surface area contributed by atoms with E-state index >= 15 is 0 Å². The Kier molecular flexibility index (Phi) is 1.73. The molecule has 4 saturated carbocycles. The summed E-state index contributed by atoms with van der Waals surface area (Å²) in [5.74, 6) is 1.88. The van der Waals surface area contributed by atoms with E-state index in [0.717, 1.165) is 11.8 Å². The van der Waals surface area contributed by atoms with Crippen molar-refractivity contribution < 1.29 is 0 Å². The van der Waals surface area contributed by atoms with Crippen LogP contribution < -0.4 is 0 Å². The van der Waals surface area contributed by atoms with Crippen LogP contribution in [0.2, 0.25) is 0 Å². The van der Waals surface area contributed by atoms with Crippen molar-refractivity contribution in [2.75, 3.05) is 0 Å². The van der Waals surface area contributed by atoms with E-state index in [2.05, 4.69) is 17.1 Å². The van der Waals surface area contributed by atoms with Crippen molar-refractivity contribution in [1.82, 2.24) is 0 Å². The van der Waals surface area contributed by atoms with Crippen LogP contribution >= 0.6 is 12.2 Å². The van der Waals surface area contributed by atoms with E-state index < -0.39 is 0 Å². The van der Waals surface area contributed by atoms with Gasteiger partial charge in [-0.3, -0.25) is 0 Å². The molecule has 4 aliphatic carbocycles. The Morgan fingerprint density at radius 1 is 1.21 bits per heavy atom. The third-order valence-corrected chi connectivity index (χ3v) is 4.70. The zero-order chi connectivity index (χ0) is 9.81. The third kappa shape index (κ3) is 1.20. The molecule has 76 valence electrons. The molecule has 0 aromatic rings. The van der Waals surface area contributed by atoms with E-state index in [1.807, 2.05) is 0 Å². The summed E-state index contributed by atoms with van der Waals surface area (Å²) >= 11 is 4.81. The Morgan fingerprint density at radius 2 is 1.86 bits per heavy atom. The summed E-state index contributed by atoms with van der Waals surface area (Å²) in [6.07, 6.45) is 8.21. The van der Waals surface area contributed by atoms with Gasteiger partial charge >= 0.3 is 0 Å². The first-order valence-electron chi connectivity index (χ1n) is 5.72. The lowest BCUT2D eigenvalue weighted by Gasteiger charge is -2.59. The molecule has 4 fully saturated rings. The average molecular weight is 207 g/mol. The molecule has 4 aliphatic rings. The quantitative estimate of drug-likeness (QED) is 0.474. The van der Waals surface area contributed by atoms with Crippen LogP contribution in [0.1, 0.15) is 45.4 Å². The molecule has 4 bridgehead atoms. The van der Waals surface area contributed by atoms with E-state index in [0.29, 0.717) is 5.41 Å². The zero-order valence-electron chi connectivity index (χ0n) is 8.75. The van der Waals surface area contributed by atoms with Gasteiger partial charge < -0.3 is 0 Å². The van der Waals surface area contributed by atoms with E-state index in [1.165, 1.54) is 38.5 Å². The number of aliphatic imine (C=N–C) groups is 1. The number of hydrogen-bond donors (Lipinski definition) is 0. The number of nitrogens with zero attached hydrogens (tertiary/aromatic N) is 1. The van der Waals surface area contributed by atoms with Gasteiger partial charge in [-0.2, -0.15) is 0 Å². The van der Waals surface area contributed by atoms with Crippen molar-refractivity contribution in [1.29, 1.82) is 0 Å². The molecule has 0 aliphatic heterocycles. The highest BCUT2D eigenvalue weighted by molar-refractivity contribution is 7.78. The standard InChI is InChI=1S/C12H17NS/c1-11-3-9-2-10(4-11)6-12(5-9,7-11)13-8-14/h9-10H,2-7H2,1H3/t9-,10-,11?,12?/m0/s1. The monoisotopic (exact) mass is 207 g/mol. The maximum Gasteiger partial charge on any atom is 0.0721 e. The fraction of sp³-hybridized carbons (Fsp3) is 0.917. The molecule has 0 saturated heterocycles. The number of isothiocyanates is 1. The van der Waals surface area contributed by atoms with Gasteiger partial charge in [0.05, 0.1) is 10.7 Å². The zero-order valence-corrected chi connectivity index (χ0v) is 9.57. The molecule has 0 aromatic carbocycles. The largest absolute Gasteiger partial charge is 0.226 e. The van der Waals surface area contributed by atoms with Crippen molar-refractivity contribution >= 4 is 17.4 Å². The van der Waals surface area contributed by atoms with Gasteiger partial charge in [-0.15, -0.1) is 0 Å². The van der Waals surface area contributed by atoms with Gasteiger partial charge in [0.15, 0.2) is 0 Å². The molecular formula is C12H17NS. The fourth-order valence-electron chi connectivity index (χ4n) is 4.90. The molecule has 0 N–H and O–H groups in total. The normalized spacial score (nSPS) is 54.4. The second-order valence-electron chi connectivity index (χ2n) is 6.20. The summed E-state index contributed by atoms with van der Waals surface area (Å²) < 4.78 is 0. The van der Waals surface area contributed by atoms with Gasteiger partial charge in [-0.05, 0) is 68.0 Å². The highest BCUT2D eigenvalue weighted by Crippen LogP contribution is 2.62. The smallest absolute Gasteiger partial charge is 0.0721 e. The lowest BCUT2D eigenvalue weighted by Crippen LogP contribution is -2.53. The molecule has 0 radical (unpaired) electrons. The number of thiocarbonyl (C=S) groups is 1.